The van der Waals surface area contributed by atoms with Crippen molar-refractivity contribution in [3.8, 4) is 0 Å². The molecule has 4 heteroatoms. The summed E-state index contributed by atoms with van der Waals surface area (Å²) in [4.78, 5) is 11.5. The quantitative estimate of drug-likeness (QED) is 0.756. The topological polar surface area (TPSA) is 63.3 Å². The van der Waals surface area contributed by atoms with E-state index in [2.05, 4.69) is 0 Å². The standard InChI is InChI=1S/C8H11NO2S/c1-2-5(8(10)11)7-6(9)3-4-12-7/h3-5H,2,9H2,1H3,(H,10,11). The maximum Gasteiger partial charge on any atom is 0.311 e. The van der Waals surface area contributed by atoms with Crippen LogP contribution in [0.4, 0.5) is 5.69 Å². The first-order chi connectivity index (χ1) is 5.66. The summed E-state index contributed by atoms with van der Waals surface area (Å²) in [6, 6.07) is 1.74. The molecule has 1 heterocycles. The number of thiophene rings is 1. The van der Waals surface area contributed by atoms with Gasteiger partial charge < -0.3 is 10.8 Å². The van der Waals surface area contributed by atoms with Gasteiger partial charge >= 0.3 is 5.97 Å². The molecule has 0 spiro atoms. The minimum absolute atomic E-state index is 0.440. The third-order valence-corrected chi connectivity index (χ3v) is 2.80. The first-order valence-electron chi connectivity index (χ1n) is 3.72. The number of aliphatic carboxylic acids is 1. The van der Waals surface area contributed by atoms with Crippen molar-refractivity contribution in [3.63, 3.8) is 0 Å². The van der Waals surface area contributed by atoms with Crippen molar-refractivity contribution in [2.75, 3.05) is 5.73 Å². The molecule has 0 bridgehead atoms. The van der Waals surface area contributed by atoms with Crippen LogP contribution in [-0.2, 0) is 4.79 Å². The van der Waals surface area contributed by atoms with Gasteiger partial charge in [-0.25, -0.2) is 0 Å². The van der Waals surface area contributed by atoms with E-state index in [1.807, 2.05) is 12.3 Å². The highest BCUT2D eigenvalue weighted by Crippen LogP contribution is 2.30. The number of hydrogen-bond donors (Lipinski definition) is 2. The summed E-state index contributed by atoms with van der Waals surface area (Å²) in [5.74, 6) is -1.24. The van der Waals surface area contributed by atoms with Crippen molar-refractivity contribution in [3.05, 3.63) is 16.3 Å². The van der Waals surface area contributed by atoms with Crippen LogP contribution in [0.1, 0.15) is 24.1 Å². The van der Waals surface area contributed by atoms with E-state index in [9.17, 15) is 4.79 Å². The zero-order valence-corrected chi connectivity index (χ0v) is 7.60. The van der Waals surface area contributed by atoms with E-state index in [0.717, 1.165) is 4.88 Å². The van der Waals surface area contributed by atoms with Crippen LogP contribution in [-0.4, -0.2) is 11.1 Å². The Morgan fingerprint density at radius 2 is 2.50 bits per heavy atom. The fourth-order valence-electron chi connectivity index (χ4n) is 1.09. The molecule has 0 saturated carbocycles. The molecule has 1 atom stereocenters. The number of nitrogens with two attached hydrogens (primary N) is 1. The molecule has 0 aliphatic rings. The lowest BCUT2D eigenvalue weighted by molar-refractivity contribution is -0.138. The molecule has 0 aromatic carbocycles. The van der Waals surface area contributed by atoms with Gasteiger partial charge in [0.05, 0.1) is 5.92 Å². The van der Waals surface area contributed by atoms with Gasteiger partial charge in [0.1, 0.15) is 0 Å². The number of carboxylic acids is 1. The SMILES string of the molecule is CCC(C(=O)O)c1sccc1N. The number of nitrogen functional groups attached to an aromatic ring is 1. The second-order valence-corrected chi connectivity index (χ2v) is 3.49. The first kappa shape index (κ1) is 9.06. The summed E-state index contributed by atoms with van der Waals surface area (Å²) in [5, 5.41) is 10.6. The zero-order valence-electron chi connectivity index (χ0n) is 6.78. The number of carbonyl (C=O) groups is 1. The van der Waals surface area contributed by atoms with E-state index in [0.29, 0.717) is 12.1 Å². The third kappa shape index (κ3) is 1.58. The van der Waals surface area contributed by atoms with E-state index in [1.54, 1.807) is 6.07 Å². The van der Waals surface area contributed by atoms with E-state index < -0.39 is 11.9 Å². The van der Waals surface area contributed by atoms with Crippen LogP contribution in [0.25, 0.3) is 0 Å². The Morgan fingerprint density at radius 3 is 2.83 bits per heavy atom. The van der Waals surface area contributed by atoms with Crippen LogP contribution in [0, 0.1) is 0 Å². The fraction of sp³-hybridized carbons (Fsp3) is 0.375. The van der Waals surface area contributed by atoms with Crippen LogP contribution >= 0.6 is 11.3 Å². The largest absolute Gasteiger partial charge is 0.481 e. The second-order valence-electron chi connectivity index (χ2n) is 2.54. The van der Waals surface area contributed by atoms with Crippen molar-refractivity contribution in [2.24, 2.45) is 0 Å². The Kier molecular flexibility index (Phi) is 2.70. The number of hydrogen-bond acceptors (Lipinski definition) is 3. The lowest BCUT2D eigenvalue weighted by atomic mass is 10.0. The summed E-state index contributed by atoms with van der Waals surface area (Å²) in [6.07, 6.45) is 0.583. The molecule has 0 aliphatic heterocycles. The van der Waals surface area contributed by atoms with E-state index >= 15 is 0 Å². The zero-order chi connectivity index (χ0) is 9.14. The molecular weight excluding hydrogens is 174 g/mol. The molecule has 1 unspecified atom stereocenters. The van der Waals surface area contributed by atoms with Gasteiger partial charge in [-0.2, -0.15) is 0 Å². The molecule has 66 valence electrons. The molecule has 1 aromatic rings. The Labute approximate surface area is 74.8 Å². The fourth-order valence-corrected chi connectivity index (χ4v) is 2.08. The van der Waals surface area contributed by atoms with Gasteiger partial charge in [-0.3, -0.25) is 4.79 Å². The summed E-state index contributed by atoms with van der Waals surface area (Å²) in [7, 11) is 0. The predicted molar refractivity (Wildman–Crippen MR) is 49.4 cm³/mol. The molecule has 0 fully saturated rings. The molecular formula is C8H11NO2S. The third-order valence-electron chi connectivity index (χ3n) is 1.75. The van der Waals surface area contributed by atoms with Gasteiger partial charge in [0.15, 0.2) is 0 Å². The number of rotatable bonds is 3. The number of carboxylic acid groups (broad SMARTS) is 1. The molecule has 0 aliphatic carbocycles. The Bertz CT molecular complexity index is 282. The normalized spacial score (nSPS) is 12.8. The van der Waals surface area contributed by atoms with Gasteiger partial charge in [0.2, 0.25) is 0 Å². The highest BCUT2D eigenvalue weighted by molar-refractivity contribution is 7.10. The van der Waals surface area contributed by atoms with Crippen LogP contribution < -0.4 is 5.73 Å². The average Bonchev–Trinajstić information content (AvgIpc) is 2.38. The van der Waals surface area contributed by atoms with Crippen LogP contribution in [0.15, 0.2) is 11.4 Å². The van der Waals surface area contributed by atoms with E-state index in [4.69, 9.17) is 10.8 Å². The van der Waals surface area contributed by atoms with Crippen LogP contribution in [0.5, 0.6) is 0 Å². The molecule has 12 heavy (non-hydrogen) atoms. The average molecular weight is 185 g/mol. The van der Waals surface area contributed by atoms with Gasteiger partial charge in [-0.05, 0) is 17.9 Å². The minimum atomic E-state index is -0.799. The number of anilines is 1. The highest BCUT2D eigenvalue weighted by atomic mass is 32.1. The second kappa shape index (κ2) is 3.58. The molecule has 3 nitrogen and oxygen atoms in total. The Hall–Kier alpha value is -1.03. The monoisotopic (exact) mass is 185 g/mol. The molecule has 1 rings (SSSR count). The summed E-state index contributed by atoms with van der Waals surface area (Å²) < 4.78 is 0. The molecule has 0 saturated heterocycles. The highest BCUT2D eigenvalue weighted by Gasteiger charge is 2.20. The van der Waals surface area contributed by atoms with E-state index in [1.165, 1.54) is 11.3 Å². The van der Waals surface area contributed by atoms with Gasteiger partial charge in [-0.15, -0.1) is 11.3 Å². The summed E-state index contributed by atoms with van der Waals surface area (Å²) in [6.45, 7) is 1.85. The Morgan fingerprint density at radius 1 is 1.83 bits per heavy atom. The smallest absolute Gasteiger partial charge is 0.311 e. The maximum absolute atomic E-state index is 10.7. The molecule has 1 aromatic heterocycles. The van der Waals surface area contributed by atoms with E-state index in [-0.39, 0.29) is 0 Å². The Balaban J connectivity index is 2.94. The summed E-state index contributed by atoms with van der Waals surface area (Å²) >= 11 is 1.40. The van der Waals surface area contributed by atoms with Crippen molar-refractivity contribution in [1.82, 2.24) is 0 Å². The first-order valence-corrected chi connectivity index (χ1v) is 4.60. The van der Waals surface area contributed by atoms with Crippen LogP contribution in [0.2, 0.25) is 0 Å². The predicted octanol–water partition coefficient (Wildman–Crippen LogP) is 1.91. The van der Waals surface area contributed by atoms with Gasteiger partial charge in [0.25, 0.3) is 0 Å². The van der Waals surface area contributed by atoms with Crippen molar-refractivity contribution in [2.45, 2.75) is 19.3 Å². The lowest BCUT2D eigenvalue weighted by Gasteiger charge is -2.07. The maximum atomic E-state index is 10.7. The lowest BCUT2D eigenvalue weighted by Crippen LogP contribution is -2.10. The van der Waals surface area contributed by atoms with Crippen molar-refractivity contribution >= 4 is 23.0 Å². The molecule has 3 N–H and O–H groups in total. The van der Waals surface area contributed by atoms with Crippen LogP contribution in [0.3, 0.4) is 0 Å². The van der Waals surface area contributed by atoms with Gasteiger partial charge in [-0.1, -0.05) is 6.92 Å². The van der Waals surface area contributed by atoms with Gasteiger partial charge in [0, 0.05) is 10.6 Å². The summed E-state index contributed by atoms with van der Waals surface area (Å²) in [5.41, 5.74) is 6.19. The van der Waals surface area contributed by atoms with Crippen molar-refractivity contribution < 1.29 is 9.90 Å². The van der Waals surface area contributed by atoms with Crippen molar-refractivity contribution in [1.29, 1.82) is 0 Å². The minimum Gasteiger partial charge on any atom is -0.481 e. The molecule has 0 amide bonds. The molecule has 0 radical (unpaired) electrons.